The van der Waals surface area contributed by atoms with Gasteiger partial charge in [0, 0.05) is 6.92 Å². The van der Waals surface area contributed by atoms with Gasteiger partial charge in [-0.25, -0.2) is 0 Å². The Bertz CT molecular complexity index is 290. The average Bonchev–Trinajstić information content (AvgIpc) is 2.15. The highest BCUT2D eigenvalue weighted by Gasteiger charge is 1.94. The van der Waals surface area contributed by atoms with E-state index >= 15 is 0 Å². The number of carbonyl (C=O) groups excluding carboxylic acids is 1. The van der Waals surface area contributed by atoms with E-state index in [1.54, 1.807) is 0 Å². The highest BCUT2D eigenvalue weighted by Crippen LogP contribution is 2.10. The third-order valence-electron chi connectivity index (χ3n) is 1.58. The number of hydrogen-bond acceptors (Lipinski definition) is 3. The molecule has 0 aliphatic carbocycles. The molecule has 1 rings (SSSR count). The number of carbonyl (C=O) groups is 1. The minimum Gasteiger partial charge on any atom is -0.490 e. The van der Waals surface area contributed by atoms with Crippen LogP contribution in [0, 0.1) is 6.92 Å². The molecule has 14 heavy (non-hydrogen) atoms. The Balaban J connectivity index is 2.25. The molecule has 3 heteroatoms. The van der Waals surface area contributed by atoms with Gasteiger partial charge < -0.3 is 9.47 Å². The molecule has 1 radical (unpaired) electrons. The van der Waals surface area contributed by atoms with Crippen LogP contribution >= 0.6 is 0 Å². The molecule has 0 heterocycles. The lowest BCUT2D eigenvalue weighted by Crippen LogP contribution is -2.09. The Hall–Kier alpha value is -1.51. The van der Waals surface area contributed by atoms with Gasteiger partial charge in [-0.3, -0.25) is 4.79 Å². The number of ether oxygens (including phenoxy) is 2. The van der Waals surface area contributed by atoms with Crippen molar-refractivity contribution in [2.45, 2.75) is 6.92 Å². The molecule has 0 atom stereocenters. The quantitative estimate of drug-likeness (QED) is 0.540. The summed E-state index contributed by atoms with van der Waals surface area (Å²) in [6.07, 6.45) is 0. The molecule has 0 saturated carbocycles. The van der Waals surface area contributed by atoms with Gasteiger partial charge in [-0.05, 0) is 24.6 Å². The highest BCUT2D eigenvalue weighted by atomic mass is 16.6. The number of hydrogen-bond donors (Lipinski definition) is 0. The largest absolute Gasteiger partial charge is 0.490 e. The van der Waals surface area contributed by atoms with Gasteiger partial charge in [0.1, 0.15) is 19.0 Å². The Morgan fingerprint density at radius 2 is 1.93 bits per heavy atom. The zero-order chi connectivity index (χ0) is 10.4. The van der Waals surface area contributed by atoms with Crippen molar-refractivity contribution < 1.29 is 14.3 Å². The van der Waals surface area contributed by atoms with Crippen LogP contribution in [-0.4, -0.2) is 19.2 Å². The first-order chi connectivity index (χ1) is 6.68. The van der Waals surface area contributed by atoms with E-state index in [1.807, 2.05) is 24.3 Å². The zero-order valence-corrected chi connectivity index (χ0v) is 8.16. The van der Waals surface area contributed by atoms with Gasteiger partial charge in [0.05, 0.1) is 0 Å². The second-order valence-electron chi connectivity index (χ2n) is 2.83. The summed E-state index contributed by atoms with van der Waals surface area (Å²) in [5, 5.41) is 0. The molecule has 0 bridgehead atoms. The third-order valence-corrected chi connectivity index (χ3v) is 1.58. The molecular formula is C11H13O3. The molecule has 1 aromatic rings. The van der Waals surface area contributed by atoms with Crippen molar-refractivity contribution in [1.29, 1.82) is 0 Å². The number of esters is 1. The van der Waals surface area contributed by atoms with Crippen molar-refractivity contribution >= 4 is 5.97 Å². The van der Waals surface area contributed by atoms with Gasteiger partial charge in [-0.2, -0.15) is 0 Å². The monoisotopic (exact) mass is 193 g/mol. The maximum absolute atomic E-state index is 10.4. The molecule has 0 aromatic heterocycles. The Morgan fingerprint density at radius 1 is 1.29 bits per heavy atom. The van der Waals surface area contributed by atoms with Crippen LogP contribution in [0.1, 0.15) is 12.5 Å². The van der Waals surface area contributed by atoms with Gasteiger partial charge in [-0.1, -0.05) is 12.1 Å². The number of rotatable bonds is 4. The predicted octanol–water partition coefficient (Wildman–Crippen LogP) is 1.81. The first-order valence-corrected chi connectivity index (χ1v) is 4.36. The molecular weight excluding hydrogens is 180 g/mol. The summed E-state index contributed by atoms with van der Waals surface area (Å²) in [7, 11) is 0. The van der Waals surface area contributed by atoms with Crippen LogP contribution in [0.25, 0.3) is 0 Å². The fourth-order valence-electron chi connectivity index (χ4n) is 0.931. The van der Waals surface area contributed by atoms with Crippen molar-refractivity contribution in [3.8, 4) is 5.75 Å². The normalized spacial score (nSPS) is 9.57. The summed E-state index contributed by atoms with van der Waals surface area (Å²) in [6.45, 7) is 5.78. The lowest BCUT2D eigenvalue weighted by atomic mass is 10.2. The summed E-state index contributed by atoms with van der Waals surface area (Å²) in [4.78, 5) is 10.4. The molecule has 3 nitrogen and oxygen atoms in total. The van der Waals surface area contributed by atoms with E-state index in [0.717, 1.165) is 11.3 Å². The molecule has 75 valence electrons. The van der Waals surface area contributed by atoms with Crippen LogP contribution in [0.4, 0.5) is 0 Å². The standard InChI is InChI=1S/C11H13O3/c1-9-3-5-11(6-4-9)14-8-7-13-10(2)12/h3-6H,1,7-8H2,2H3. The van der Waals surface area contributed by atoms with E-state index in [-0.39, 0.29) is 12.6 Å². The molecule has 0 unspecified atom stereocenters. The van der Waals surface area contributed by atoms with Gasteiger partial charge in [0.15, 0.2) is 0 Å². The van der Waals surface area contributed by atoms with Crippen molar-refractivity contribution in [1.82, 2.24) is 0 Å². The zero-order valence-electron chi connectivity index (χ0n) is 8.16. The van der Waals surface area contributed by atoms with Gasteiger partial charge in [0.2, 0.25) is 0 Å². The highest BCUT2D eigenvalue weighted by molar-refractivity contribution is 5.65. The molecule has 0 aliphatic heterocycles. The van der Waals surface area contributed by atoms with Crippen LogP contribution < -0.4 is 4.74 Å². The first kappa shape index (κ1) is 10.6. The van der Waals surface area contributed by atoms with Crippen molar-refractivity contribution in [3.05, 3.63) is 36.8 Å². The topological polar surface area (TPSA) is 35.5 Å². The van der Waals surface area contributed by atoms with Crippen molar-refractivity contribution in [2.75, 3.05) is 13.2 Å². The summed E-state index contributed by atoms with van der Waals surface area (Å²) in [6, 6.07) is 7.38. The Labute approximate surface area is 83.6 Å². The first-order valence-electron chi connectivity index (χ1n) is 4.36. The van der Waals surface area contributed by atoms with Crippen LogP contribution in [0.2, 0.25) is 0 Å². The van der Waals surface area contributed by atoms with E-state index in [2.05, 4.69) is 6.92 Å². The van der Waals surface area contributed by atoms with Crippen LogP contribution in [-0.2, 0) is 9.53 Å². The van der Waals surface area contributed by atoms with Crippen LogP contribution in [0.15, 0.2) is 24.3 Å². The fourth-order valence-corrected chi connectivity index (χ4v) is 0.931. The third kappa shape index (κ3) is 3.94. The molecule has 0 saturated heterocycles. The maximum atomic E-state index is 10.4. The van der Waals surface area contributed by atoms with Crippen molar-refractivity contribution in [3.63, 3.8) is 0 Å². The van der Waals surface area contributed by atoms with Crippen molar-refractivity contribution in [2.24, 2.45) is 0 Å². The fraction of sp³-hybridized carbons (Fsp3) is 0.273. The van der Waals surface area contributed by atoms with Crippen LogP contribution in [0.5, 0.6) is 5.75 Å². The Morgan fingerprint density at radius 3 is 2.50 bits per heavy atom. The van der Waals surface area contributed by atoms with E-state index in [1.165, 1.54) is 6.92 Å². The van der Waals surface area contributed by atoms with Gasteiger partial charge in [-0.15, -0.1) is 0 Å². The summed E-state index contributed by atoms with van der Waals surface area (Å²) in [5.41, 5.74) is 0.942. The SMILES string of the molecule is [CH2]c1ccc(OCCOC(C)=O)cc1. The van der Waals surface area contributed by atoms with E-state index in [4.69, 9.17) is 9.47 Å². The Kier molecular flexibility index (Phi) is 3.98. The number of benzene rings is 1. The summed E-state index contributed by atoms with van der Waals surface area (Å²) < 4.78 is 10.0. The minimum absolute atomic E-state index is 0.279. The molecule has 0 fully saturated rings. The second-order valence-corrected chi connectivity index (χ2v) is 2.83. The van der Waals surface area contributed by atoms with Gasteiger partial charge >= 0.3 is 5.97 Å². The lowest BCUT2D eigenvalue weighted by Gasteiger charge is -2.05. The molecule has 0 amide bonds. The smallest absolute Gasteiger partial charge is 0.302 e. The second kappa shape index (κ2) is 5.27. The van der Waals surface area contributed by atoms with E-state index in [9.17, 15) is 4.79 Å². The summed E-state index contributed by atoms with van der Waals surface area (Å²) in [5.74, 6) is 0.464. The van der Waals surface area contributed by atoms with Crippen LogP contribution in [0.3, 0.4) is 0 Å². The summed E-state index contributed by atoms with van der Waals surface area (Å²) >= 11 is 0. The average molecular weight is 193 g/mol. The van der Waals surface area contributed by atoms with E-state index < -0.39 is 0 Å². The molecule has 0 spiro atoms. The van der Waals surface area contributed by atoms with E-state index in [0.29, 0.717) is 6.61 Å². The minimum atomic E-state index is -0.290. The molecule has 0 aliphatic rings. The lowest BCUT2D eigenvalue weighted by molar-refractivity contribution is -0.141. The predicted molar refractivity (Wildman–Crippen MR) is 53.0 cm³/mol. The maximum Gasteiger partial charge on any atom is 0.302 e. The molecule has 1 aromatic carbocycles. The molecule has 0 N–H and O–H groups in total. The van der Waals surface area contributed by atoms with Gasteiger partial charge in [0.25, 0.3) is 0 Å².